The summed E-state index contributed by atoms with van der Waals surface area (Å²) in [6.45, 7) is 7.59. The number of hydrogen-bond donors (Lipinski definition) is 1. The Morgan fingerprint density at radius 3 is 2.33 bits per heavy atom. The van der Waals surface area contributed by atoms with Gasteiger partial charge < -0.3 is 10.5 Å². The van der Waals surface area contributed by atoms with Crippen LogP contribution in [0.25, 0.3) is 0 Å². The Hall–Kier alpha value is -1.35. The highest BCUT2D eigenvalue weighted by Crippen LogP contribution is 2.56. The Bertz CT molecular complexity index is 463. The molecule has 2 rings (SSSR count). The summed E-state index contributed by atoms with van der Waals surface area (Å²) < 4.78 is 5.42. The van der Waals surface area contributed by atoms with Gasteiger partial charge in [0.2, 0.25) is 0 Å². The first-order valence-corrected chi connectivity index (χ1v) is 6.27. The molecular formula is C15H21NO2. The Balaban J connectivity index is 2.20. The number of ether oxygens (including phenoxy) is 1. The number of benzene rings is 1. The number of rotatable bonds is 2. The van der Waals surface area contributed by atoms with Crippen molar-refractivity contribution in [3.63, 3.8) is 0 Å². The fraction of sp³-hybridized carbons (Fsp3) is 0.533. The topological polar surface area (TPSA) is 52.3 Å². The third-order valence-corrected chi connectivity index (χ3v) is 3.67. The summed E-state index contributed by atoms with van der Waals surface area (Å²) in [7, 11) is 0. The van der Waals surface area contributed by atoms with E-state index in [2.05, 4.69) is 0 Å². The predicted octanol–water partition coefficient (Wildman–Crippen LogP) is 2.39. The average Bonchev–Trinajstić information content (AvgIpc) is 2.84. The van der Waals surface area contributed by atoms with E-state index in [4.69, 9.17) is 10.5 Å². The van der Waals surface area contributed by atoms with E-state index < -0.39 is 11.1 Å². The summed E-state index contributed by atoms with van der Waals surface area (Å²) in [5, 5.41) is 0. The van der Waals surface area contributed by atoms with Crippen molar-refractivity contribution in [2.45, 2.75) is 50.7 Å². The highest BCUT2D eigenvalue weighted by molar-refractivity contribution is 5.88. The van der Waals surface area contributed by atoms with Gasteiger partial charge in [-0.15, -0.1) is 0 Å². The first-order valence-electron chi connectivity index (χ1n) is 6.27. The van der Waals surface area contributed by atoms with Crippen LogP contribution in [0.4, 0.5) is 0 Å². The van der Waals surface area contributed by atoms with Gasteiger partial charge in [-0.1, -0.05) is 37.3 Å². The van der Waals surface area contributed by atoms with Crippen LogP contribution in [0.15, 0.2) is 30.3 Å². The lowest BCUT2D eigenvalue weighted by Gasteiger charge is -2.24. The normalized spacial score (nSPS) is 30.9. The van der Waals surface area contributed by atoms with Crippen LogP contribution in [0, 0.1) is 0 Å². The molecule has 1 aliphatic carbocycles. The van der Waals surface area contributed by atoms with Crippen LogP contribution in [0.3, 0.4) is 0 Å². The van der Waals surface area contributed by atoms with E-state index in [0.29, 0.717) is 6.42 Å². The predicted molar refractivity (Wildman–Crippen MR) is 71.2 cm³/mol. The van der Waals surface area contributed by atoms with Crippen LogP contribution in [-0.4, -0.2) is 17.1 Å². The second-order valence-electron chi connectivity index (χ2n) is 6.35. The molecule has 98 valence electrons. The van der Waals surface area contributed by atoms with Gasteiger partial charge in [-0.05, 0) is 32.8 Å². The first kappa shape index (κ1) is 13.1. The number of nitrogens with two attached hydrogens (primary N) is 1. The zero-order chi connectivity index (χ0) is 13.6. The van der Waals surface area contributed by atoms with Crippen molar-refractivity contribution in [2.75, 3.05) is 0 Å². The quantitative estimate of drug-likeness (QED) is 0.816. The van der Waals surface area contributed by atoms with Crippen molar-refractivity contribution < 1.29 is 9.53 Å². The van der Waals surface area contributed by atoms with Gasteiger partial charge in [0.15, 0.2) is 0 Å². The van der Waals surface area contributed by atoms with Crippen LogP contribution in [0.5, 0.6) is 0 Å². The fourth-order valence-corrected chi connectivity index (χ4v) is 2.35. The minimum Gasteiger partial charge on any atom is -0.459 e. The average molecular weight is 247 g/mol. The lowest BCUT2D eigenvalue weighted by molar-refractivity contribution is -0.158. The molecule has 1 aromatic rings. The van der Waals surface area contributed by atoms with Crippen molar-refractivity contribution in [3.8, 4) is 0 Å². The molecule has 1 fully saturated rings. The molecule has 0 saturated heterocycles. The lowest BCUT2D eigenvalue weighted by Crippen LogP contribution is -2.44. The second-order valence-corrected chi connectivity index (χ2v) is 6.35. The minimum atomic E-state index is -0.887. The summed E-state index contributed by atoms with van der Waals surface area (Å²) in [4.78, 5) is 12.2. The molecule has 0 heterocycles. The number of esters is 1. The van der Waals surface area contributed by atoms with Gasteiger partial charge in [0, 0.05) is 5.41 Å². The van der Waals surface area contributed by atoms with Gasteiger partial charge in [0.05, 0.1) is 0 Å². The minimum absolute atomic E-state index is 0.304. The maximum absolute atomic E-state index is 12.2. The molecule has 0 aromatic heterocycles. The molecule has 1 aromatic carbocycles. The molecule has 18 heavy (non-hydrogen) atoms. The van der Waals surface area contributed by atoms with E-state index >= 15 is 0 Å². The number of hydrogen-bond acceptors (Lipinski definition) is 3. The van der Waals surface area contributed by atoms with Crippen molar-refractivity contribution >= 4 is 5.97 Å². The standard InChI is InChI=1S/C15H21NO2/c1-13(2,3)18-12(17)15(16)10-14(15,4)11-8-6-5-7-9-11/h5-9H,10,16H2,1-4H3/t14-,15-/m0/s1. The Labute approximate surface area is 108 Å². The molecule has 0 bridgehead atoms. The number of carbonyl (C=O) groups excluding carboxylic acids is 1. The fourth-order valence-electron chi connectivity index (χ4n) is 2.35. The molecule has 3 heteroatoms. The summed E-state index contributed by atoms with van der Waals surface area (Å²) >= 11 is 0. The molecule has 0 radical (unpaired) electrons. The van der Waals surface area contributed by atoms with Crippen LogP contribution >= 0.6 is 0 Å². The molecule has 0 amide bonds. The lowest BCUT2D eigenvalue weighted by atomic mass is 9.93. The first-order chi connectivity index (χ1) is 8.19. The zero-order valence-electron chi connectivity index (χ0n) is 11.5. The highest BCUT2D eigenvalue weighted by Gasteiger charge is 2.69. The van der Waals surface area contributed by atoms with E-state index in [-0.39, 0.29) is 11.4 Å². The van der Waals surface area contributed by atoms with Gasteiger partial charge in [-0.25, -0.2) is 0 Å². The van der Waals surface area contributed by atoms with Crippen molar-refractivity contribution in [1.29, 1.82) is 0 Å². The van der Waals surface area contributed by atoms with E-state index in [9.17, 15) is 4.79 Å². The van der Waals surface area contributed by atoms with Gasteiger partial charge >= 0.3 is 5.97 Å². The Kier molecular flexibility index (Phi) is 2.78. The molecule has 2 N–H and O–H groups in total. The molecule has 0 spiro atoms. The highest BCUT2D eigenvalue weighted by atomic mass is 16.6. The molecular weight excluding hydrogens is 226 g/mol. The van der Waals surface area contributed by atoms with Crippen molar-refractivity contribution in [3.05, 3.63) is 35.9 Å². The third kappa shape index (κ3) is 2.03. The molecule has 0 aliphatic heterocycles. The maximum Gasteiger partial charge on any atom is 0.327 e. The molecule has 0 unspecified atom stereocenters. The van der Waals surface area contributed by atoms with Crippen LogP contribution in [-0.2, 0) is 14.9 Å². The van der Waals surface area contributed by atoms with Gasteiger partial charge in [0.1, 0.15) is 11.1 Å². The Morgan fingerprint density at radius 1 is 1.28 bits per heavy atom. The molecule has 1 aliphatic rings. The van der Waals surface area contributed by atoms with Crippen molar-refractivity contribution in [2.24, 2.45) is 5.73 Å². The zero-order valence-corrected chi connectivity index (χ0v) is 11.5. The largest absolute Gasteiger partial charge is 0.459 e. The SMILES string of the molecule is CC(C)(C)OC(=O)[C@@]1(N)C[C@@]1(C)c1ccccc1. The van der Waals surface area contributed by atoms with Gasteiger partial charge in [-0.2, -0.15) is 0 Å². The van der Waals surface area contributed by atoms with Crippen molar-refractivity contribution in [1.82, 2.24) is 0 Å². The monoisotopic (exact) mass is 247 g/mol. The van der Waals surface area contributed by atoms with Crippen LogP contribution < -0.4 is 5.73 Å². The molecule has 2 atom stereocenters. The number of carbonyl (C=O) groups is 1. The second kappa shape index (κ2) is 3.82. The van der Waals surface area contributed by atoms with Crippen LogP contribution in [0.1, 0.15) is 39.7 Å². The van der Waals surface area contributed by atoms with Gasteiger partial charge in [-0.3, -0.25) is 4.79 Å². The Morgan fingerprint density at radius 2 is 1.83 bits per heavy atom. The smallest absolute Gasteiger partial charge is 0.327 e. The molecule has 1 saturated carbocycles. The summed E-state index contributed by atoms with van der Waals surface area (Å²) in [5.41, 5.74) is 5.64. The van der Waals surface area contributed by atoms with Crippen LogP contribution in [0.2, 0.25) is 0 Å². The van der Waals surface area contributed by atoms with E-state index in [1.807, 2.05) is 58.0 Å². The van der Waals surface area contributed by atoms with E-state index in [1.54, 1.807) is 0 Å². The molecule has 3 nitrogen and oxygen atoms in total. The van der Waals surface area contributed by atoms with E-state index in [1.165, 1.54) is 0 Å². The van der Waals surface area contributed by atoms with Gasteiger partial charge in [0.25, 0.3) is 0 Å². The third-order valence-electron chi connectivity index (χ3n) is 3.67. The summed E-state index contributed by atoms with van der Waals surface area (Å²) in [5.74, 6) is -0.304. The maximum atomic E-state index is 12.2. The summed E-state index contributed by atoms with van der Waals surface area (Å²) in [6.07, 6.45) is 0.638. The van der Waals surface area contributed by atoms with E-state index in [0.717, 1.165) is 5.56 Å². The summed E-state index contributed by atoms with van der Waals surface area (Å²) in [6, 6.07) is 9.92.